The Bertz CT molecular complexity index is 524. The van der Waals surface area contributed by atoms with Gasteiger partial charge in [0.1, 0.15) is 0 Å². The highest BCUT2D eigenvalue weighted by Crippen LogP contribution is 2.13. The molecule has 0 aliphatic carbocycles. The molecule has 24 heavy (non-hydrogen) atoms. The smallest absolute Gasteiger partial charge is 0.475 e. The normalized spacial score (nSPS) is 13.0. The van der Waals surface area contributed by atoms with E-state index in [1.165, 1.54) is 0 Å². The first-order valence-corrected chi connectivity index (χ1v) is 5.39. The number of rotatable bonds is 1. The maximum absolute atomic E-state index is 10.6. The van der Waals surface area contributed by atoms with Gasteiger partial charge in [0, 0.05) is 12.4 Å². The minimum atomic E-state index is -5.08. The molecule has 1 aliphatic heterocycles. The molecule has 0 fully saturated rings. The van der Waals surface area contributed by atoms with E-state index in [-0.39, 0.29) is 0 Å². The van der Waals surface area contributed by atoms with Gasteiger partial charge in [-0.1, -0.05) is 6.08 Å². The standard InChI is InChI=1S/C7H8N2O.2C2HF3O2/c8-7(10)6-3-1-2-4-9-5-6;2*3-2(4,5)1(6)7/h1-5,9H,(H2,8,10);2*(H,6,7). The highest BCUT2D eigenvalue weighted by atomic mass is 19.4. The summed E-state index contributed by atoms with van der Waals surface area (Å²) in [5, 5.41) is 17.0. The van der Waals surface area contributed by atoms with E-state index in [4.69, 9.17) is 25.5 Å². The summed E-state index contributed by atoms with van der Waals surface area (Å²) in [4.78, 5) is 28.3. The molecule has 7 nitrogen and oxygen atoms in total. The van der Waals surface area contributed by atoms with Crippen LogP contribution in [0.3, 0.4) is 0 Å². The number of amides is 1. The number of nitrogens with two attached hydrogens (primary N) is 1. The third-order valence-corrected chi connectivity index (χ3v) is 1.59. The Morgan fingerprint density at radius 3 is 1.58 bits per heavy atom. The summed E-state index contributed by atoms with van der Waals surface area (Å²) in [5.41, 5.74) is 5.49. The zero-order valence-electron chi connectivity index (χ0n) is 11.4. The Balaban J connectivity index is 0. The molecule has 0 aromatic heterocycles. The SMILES string of the molecule is NC(=O)C1=CNC=CC=C1.O=C(O)C(F)(F)F.O=C(O)C(F)(F)F. The number of carboxylic acid groups (broad SMARTS) is 2. The molecule has 1 rings (SSSR count). The van der Waals surface area contributed by atoms with Gasteiger partial charge in [0.05, 0.1) is 5.57 Å². The molecule has 1 amide bonds. The van der Waals surface area contributed by atoms with Gasteiger partial charge in [-0.15, -0.1) is 0 Å². The van der Waals surface area contributed by atoms with Gasteiger partial charge in [0.15, 0.2) is 0 Å². The number of carbonyl (C=O) groups excluding carboxylic acids is 1. The van der Waals surface area contributed by atoms with Crippen molar-refractivity contribution in [3.05, 3.63) is 36.2 Å². The van der Waals surface area contributed by atoms with E-state index < -0.39 is 30.2 Å². The third-order valence-electron chi connectivity index (χ3n) is 1.59. The lowest BCUT2D eigenvalue weighted by Gasteiger charge is -1.93. The largest absolute Gasteiger partial charge is 0.490 e. The van der Waals surface area contributed by atoms with Gasteiger partial charge in [0.25, 0.3) is 0 Å². The molecule has 13 heteroatoms. The molecule has 5 N–H and O–H groups in total. The third kappa shape index (κ3) is 12.7. The van der Waals surface area contributed by atoms with Crippen LogP contribution < -0.4 is 11.1 Å². The van der Waals surface area contributed by atoms with Gasteiger partial charge >= 0.3 is 24.3 Å². The van der Waals surface area contributed by atoms with Gasteiger partial charge in [0.2, 0.25) is 5.91 Å². The molecule has 1 aliphatic rings. The predicted molar refractivity (Wildman–Crippen MR) is 66.1 cm³/mol. The lowest BCUT2D eigenvalue weighted by Crippen LogP contribution is -2.21. The maximum atomic E-state index is 10.6. The number of aliphatic carboxylic acids is 2. The van der Waals surface area contributed by atoms with Crippen LogP contribution in [-0.4, -0.2) is 40.4 Å². The number of carbonyl (C=O) groups is 3. The molecule has 0 saturated carbocycles. The van der Waals surface area contributed by atoms with Gasteiger partial charge in [-0.25, -0.2) is 9.59 Å². The van der Waals surface area contributed by atoms with Crippen LogP contribution in [0.25, 0.3) is 0 Å². The Labute approximate surface area is 129 Å². The minimum Gasteiger partial charge on any atom is -0.475 e. The summed E-state index contributed by atoms with van der Waals surface area (Å²) in [6.45, 7) is 0. The quantitative estimate of drug-likeness (QED) is 0.519. The second-order valence-electron chi connectivity index (χ2n) is 3.45. The average molecular weight is 364 g/mol. The van der Waals surface area contributed by atoms with Crippen molar-refractivity contribution in [2.75, 3.05) is 0 Å². The maximum Gasteiger partial charge on any atom is 0.490 e. The molecular weight excluding hydrogens is 354 g/mol. The van der Waals surface area contributed by atoms with Crippen LogP contribution in [0.1, 0.15) is 0 Å². The van der Waals surface area contributed by atoms with Crippen LogP contribution >= 0.6 is 0 Å². The van der Waals surface area contributed by atoms with Crippen LogP contribution in [0, 0.1) is 0 Å². The molecule has 0 spiro atoms. The van der Waals surface area contributed by atoms with Crippen molar-refractivity contribution in [3.63, 3.8) is 0 Å². The van der Waals surface area contributed by atoms with Crippen molar-refractivity contribution in [1.29, 1.82) is 0 Å². The van der Waals surface area contributed by atoms with Gasteiger partial charge in [-0.3, -0.25) is 4.79 Å². The first-order valence-electron chi connectivity index (χ1n) is 5.39. The summed E-state index contributed by atoms with van der Waals surface area (Å²) >= 11 is 0. The fourth-order valence-electron chi connectivity index (χ4n) is 0.610. The van der Waals surface area contributed by atoms with E-state index in [0.29, 0.717) is 5.57 Å². The van der Waals surface area contributed by atoms with Crippen molar-refractivity contribution < 1.29 is 50.9 Å². The van der Waals surface area contributed by atoms with Crippen molar-refractivity contribution in [2.24, 2.45) is 5.73 Å². The minimum absolute atomic E-state index is 0.424. The first kappa shape index (κ1) is 23.3. The monoisotopic (exact) mass is 364 g/mol. The Hall–Kier alpha value is -2.99. The molecule has 1 heterocycles. The van der Waals surface area contributed by atoms with Crippen LogP contribution in [0.4, 0.5) is 26.3 Å². The van der Waals surface area contributed by atoms with E-state index in [9.17, 15) is 31.1 Å². The summed E-state index contributed by atoms with van der Waals surface area (Å²) < 4.78 is 63.5. The number of halogens is 6. The number of nitrogens with one attached hydrogen (secondary N) is 1. The van der Waals surface area contributed by atoms with E-state index in [1.54, 1.807) is 30.6 Å². The lowest BCUT2D eigenvalue weighted by atomic mass is 10.2. The molecule has 0 radical (unpaired) electrons. The molecule has 0 aromatic rings. The summed E-state index contributed by atoms with van der Waals surface area (Å²) in [6, 6.07) is 0. The number of allylic oxidation sites excluding steroid dienone is 2. The summed E-state index contributed by atoms with van der Waals surface area (Å²) in [7, 11) is 0. The van der Waals surface area contributed by atoms with E-state index in [1.807, 2.05) is 0 Å². The number of alkyl halides is 6. The van der Waals surface area contributed by atoms with Crippen LogP contribution in [-0.2, 0) is 14.4 Å². The second-order valence-corrected chi connectivity index (χ2v) is 3.45. The number of primary amides is 1. The molecule has 136 valence electrons. The topological polar surface area (TPSA) is 130 Å². The molecule has 0 atom stereocenters. The average Bonchev–Trinajstić information content (AvgIpc) is 2.66. The number of carboxylic acids is 2. The number of hydrogen-bond acceptors (Lipinski definition) is 4. The number of hydrogen-bond donors (Lipinski definition) is 4. The lowest BCUT2D eigenvalue weighted by molar-refractivity contribution is -0.193. The molecule has 0 saturated heterocycles. The highest BCUT2D eigenvalue weighted by Gasteiger charge is 2.38. The van der Waals surface area contributed by atoms with Crippen molar-refractivity contribution >= 4 is 17.8 Å². The van der Waals surface area contributed by atoms with E-state index in [2.05, 4.69) is 5.32 Å². The fraction of sp³-hybridized carbons (Fsp3) is 0.182. The van der Waals surface area contributed by atoms with Crippen molar-refractivity contribution in [1.82, 2.24) is 5.32 Å². The zero-order valence-corrected chi connectivity index (χ0v) is 11.4. The Morgan fingerprint density at radius 1 is 0.917 bits per heavy atom. The molecule has 0 unspecified atom stereocenters. The zero-order chi connectivity index (χ0) is 19.6. The van der Waals surface area contributed by atoms with Crippen LogP contribution in [0.5, 0.6) is 0 Å². The highest BCUT2D eigenvalue weighted by molar-refractivity contribution is 5.94. The first-order chi connectivity index (χ1) is 10.7. The summed E-state index contributed by atoms with van der Waals surface area (Å²) in [5.74, 6) is -5.94. The van der Waals surface area contributed by atoms with Crippen molar-refractivity contribution in [3.8, 4) is 0 Å². The molecule has 0 bridgehead atoms. The second kappa shape index (κ2) is 9.91. The van der Waals surface area contributed by atoms with E-state index >= 15 is 0 Å². The summed E-state index contributed by atoms with van der Waals surface area (Å²) in [6.07, 6.45) is -1.71. The van der Waals surface area contributed by atoms with Crippen LogP contribution in [0.15, 0.2) is 36.2 Å². The fourth-order valence-corrected chi connectivity index (χ4v) is 0.610. The Kier molecular flexibility index (Phi) is 9.61. The van der Waals surface area contributed by atoms with Crippen LogP contribution in [0.2, 0.25) is 0 Å². The molecular formula is C11H10F6N2O5. The van der Waals surface area contributed by atoms with Crippen molar-refractivity contribution in [2.45, 2.75) is 12.4 Å². The Morgan fingerprint density at radius 2 is 1.29 bits per heavy atom. The molecule has 0 aromatic carbocycles. The van der Waals surface area contributed by atoms with Gasteiger partial charge in [-0.2, -0.15) is 26.3 Å². The van der Waals surface area contributed by atoms with Gasteiger partial charge in [-0.05, 0) is 12.2 Å². The predicted octanol–water partition coefficient (Wildman–Crippen LogP) is 1.30. The van der Waals surface area contributed by atoms with E-state index in [0.717, 1.165) is 0 Å². The van der Waals surface area contributed by atoms with Gasteiger partial charge < -0.3 is 21.3 Å².